The van der Waals surface area contributed by atoms with Gasteiger partial charge in [0.05, 0.1) is 10.6 Å². The van der Waals surface area contributed by atoms with E-state index < -0.39 is 11.7 Å². The molecule has 1 fully saturated rings. The summed E-state index contributed by atoms with van der Waals surface area (Å²) in [6.07, 6.45) is 2.81. The molecular weight excluding hydrogens is 357 g/mol. The van der Waals surface area contributed by atoms with Crippen molar-refractivity contribution in [2.45, 2.75) is 44.3 Å². The van der Waals surface area contributed by atoms with Gasteiger partial charge in [-0.2, -0.15) is 13.2 Å². The SMILES string of the molecule is C=CCN(C(=S)Nc1ccc(Cl)c(C(F)(F)F)c1)C1CCCCC1. The lowest BCUT2D eigenvalue weighted by Gasteiger charge is -2.35. The second-order valence-electron chi connectivity index (χ2n) is 5.86. The van der Waals surface area contributed by atoms with Gasteiger partial charge in [0.2, 0.25) is 0 Å². The maximum Gasteiger partial charge on any atom is 0.417 e. The Morgan fingerprint density at radius 2 is 2.00 bits per heavy atom. The van der Waals surface area contributed by atoms with Crippen molar-refractivity contribution in [3.63, 3.8) is 0 Å². The average Bonchev–Trinajstić information content (AvgIpc) is 2.54. The van der Waals surface area contributed by atoms with E-state index in [1.165, 1.54) is 18.6 Å². The van der Waals surface area contributed by atoms with Crippen molar-refractivity contribution in [1.82, 2.24) is 4.90 Å². The van der Waals surface area contributed by atoms with Gasteiger partial charge >= 0.3 is 6.18 Å². The third kappa shape index (κ3) is 4.86. The van der Waals surface area contributed by atoms with E-state index in [9.17, 15) is 13.2 Å². The third-order valence-corrected chi connectivity index (χ3v) is 4.79. The minimum absolute atomic E-state index is 0.279. The fraction of sp³-hybridized carbons (Fsp3) is 0.471. The van der Waals surface area contributed by atoms with Crippen molar-refractivity contribution < 1.29 is 13.2 Å². The third-order valence-electron chi connectivity index (χ3n) is 4.13. The Kier molecular flexibility index (Phi) is 6.52. The molecule has 0 amide bonds. The van der Waals surface area contributed by atoms with Crippen LogP contribution in [-0.2, 0) is 6.18 Å². The molecule has 0 heterocycles. The fourth-order valence-electron chi connectivity index (χ4n) is 2.95. The standard InChI is InChI=1S/C17H20ClF3N2S/c1-2-10-23(13-6-4-3-5-7-13)16(24)22-12-8-9-15(18)14(11-12)17(19,20)21/h2,8-9,11,13H,1,3-7,10H2,(H,22,24). The molecule has 0 aliphatic heterocycles. The van der Waals surface area contributed by atoms with Crippen LogP contribution in [0.2, 0.25) is 5.02 Å². The van der Waals surface area contributed by atoms with E-state index in [-0.39, 0.29) is 10.7 Å². The van der Waals surface area contributed by atoms with Gasteiger partial charge in [0, 0.05) is 18.3 Å². The first-order valence-corrected chi connectivity index (χ1v) is 8.67. The molecule has 1 N–H and O–H groups in total. The molecule has 1 saturated carbocycles. The highest BCUT2D eigenvalue weighted by molar-refractivity contribution is 7.80. The number of rotatable bonds is 4. The molecule has 0 bridgehead atoms. The van der Waals surface area contributed by atoms with Gasteiger partial charge in [-0.3, -0.25) is 0 Å². The van der Waals surface area contributed by atoms with Gasteiger partial charge in [-0.1, -0.05) is 36.9 Å². The van der Waals surface area contributed by atoms with E-state index in [4.69, 9.17) is 23.8 Å². The van der Waals surface area contributed by atoms with Crippen LogP contribution < -0.4 is 5.32 Å². The van der Waals surface area contributed by atoms with E-state index in [1.54, 1.807) is 6.08 Å². The highest BCUT2D eigenvalue weighted by Gasteiger charge is 2.33. The molecule has 7 heteroatoms. The molecule has 24 heavy (non-hydrogen) atoms. The molecule has 132 valence electrons. The lowest BCUT2D eigenvalue weighted by Crippen LogP contribution is -2.43. The number of nitrogens with zero attached hydrogens (tertiary/aromatic N) is 1. The Morgan fingerprint density at radius 3 is 2.58 bits per heavy atom. The first-order valence-electron chi connectivity index (χ1n) is 7.88. The van der Waals surface area contributed by atoms with E-state index in [0.29, 0.717) is 17.7 Å². The number of halogens is 4. The van der Waals surface area contributed by atoms with Crippen molar-refractivity contribution in [3.05, 3.63) is 41.4 Å². The van der Waals surface area contributed by atoms with Crippen LogP contribution in [0.1, 0.15) is 37.7 Å². The maximum atomic E-state index is 13.0. The Morgan fingerprint density at radius 1 is 1.33 bits per heavy atom. The predicted octanol–water partition coefficient (Wildman–Crippen LogP) is 5.88. The topological polar surface area (TPSA) is 15.3 Å². The minimum Gasteiger partial charge on any atom is -0.342 e. The van der Waals surface area contributed by atoms with Gasteiger partial charge < -0.3 is 10.2 Å². The van der Waals surface area contributed by atoms with E-state index in [0.717, 1.165) is 31.7 Å². The van der Waals surface area contributed by atoms with Gasteiger partial charge in [0.15, 0.2) is 5.11 Å². The van der Waals surface area contributed by atoms with Crippen LogP contribution in [0.5, 0.6) is 0 Å². The molecule has 1 aromatic carbocycles. The normalized spacial score (nSPS) is 15.8. The zero-order valence-corrected chi connectivity index (χ0v) is 14.8. The van der Waals surface area contributed by atoms with Crippen LogP contribution in [0.3, 0.4) is 0 Å². The molecule has 0 atom stereocenters. The van der Waals surface area contributed by atoms with E-state index in [1.807, 2.05) is 4.90 Å². The summed E-state index contributed by atoms with van der Waals surface area (Å²) in [5.41, 5.74) is -0.591. The van der Waals surface area contributed by atoms with Crippen molar-refractivity contribution in [2.75, 3.05) is 11.9 Å². The van der Waals surface area contributed by atoms with Crippen LogP contribution in [-0.4, -0.2) is 22.6 Å². The van der Waals surface area contributed by atoms with Crippen LogP contribution in [0, 0.1) is 0 Å². The van der Waals surface area contributed by atoms with Gasteiger partial charge in [-0.05, 0) is 43.3 Å². The number of nitrogens with one attached hydrogen (secondary N) is 1. The molecule has 0 spiro atoms. The largest absolute Gasteiger partial charge is 0.417 e. The zero-order valence-electron chi connectivity index (χ0n) is 13.2. The van der Waals surface area contributed by atoms with E-state index in [2.05, 4.69) is 11.9 Å². The summed E-state index contributed by atoms with van der Waals surface area (Å²) in [5, 5.41) is 3.00. The average molecular weight is 377 g/mol. The van der Waals surface area contributed by atoms with Crippen molar-refractivity contribution >= 4 is 34.6 Å². The molecule has 1 aromatic rings. The second-order valence-corrected chi connectivity index (χ2v) is 6.65. The fourth-order valence-corrected chi connectivity index (χ4v) is 3.51. The van der Waals surface area contributed by atoms with Crippen LogP contribution in [0.4, 0.5) is 18.9 Å². The molecule has 1 aliphatic rings. The monoisotopic (exact) mass is 376 g/mol. The maximum absolute atomic E-state index is 13.0. The Hall–Kier alpha value is -1.27. The lowest BCUT2D eigenvalue weighted by atomic mass is 9.94. The Bertz CT molecular complexity index is 598. The van der Waals surface area contributed by atoms with Crippen molar-refractivity contribution in [1.29, 1.82) is 0 Å². The molecule has 2 nitrogen and oxygen atoms in total. The van der Waals surface area contributed by atoms with Gasteiger partial charge in [0.25, 0.3) is 0 Å². The molecule has 0 unspecified atom stereocenters. The van der Waals surface area contributed by atoms with Crippen molar-refractivity contribution in [2.24, 2.45) is 0 Å². The first kappa shape index (κ1) is 19.1. The summed E-state index contributed by atoms with van der Waals surface area (Å²) in [7, 11) is 0. The molecule has 0 radical (unpaired) electrons. The molecule has 2 rings (SSSR count). The Labute approximate surface area is 150 Å². The molecular formula is C17H20ClF3N2S. The first-order chi connectivity index (χ1) is 11.3. The summed E-state index contributed by atoms with van der Waals surface area (Å²) in [4.78, 5) is 2.00. The quantitative estimate of drug-likeness (QED) is 0.522. The zero-order chi connectivity index (χ0) is 17.7. The summed E-state index contributed by atoms with van der Waals surface area (Å²) in [6.45, 7) is 4.31. The highest BCUT2D eigenvalue weighted by atomic mass is 35.5. The highest BCUT2D eigenvalue weighted by Crippen LogP contribution is 2.36. The van der Waals surface area contributed by atoms with Gasteiger partial charge in [-0.15, -0.1) is 6.58 Å². The summed E-state index contributed by atoms with van der Waals surface area (Å²) >= 11 is 11.1. The number of anilines is 1. The van der Waals surface area contributed by atoms with Crippen molar-refractivity contribution in [3.8, 4) is 0 Å². The minimum atomic E-state index is -4.50. The van der Waals surface area contributed by atoms with Gasteiger partial charge in [-0.25, -0.2) is 0 Å². The summed E-state index contributed by atoms with van der Waals surface area (Å²) in [6, 6.07) is 4.01. The predicted molar refractivity (Wildman–Crippen MR) is 96.5 cm³/mol. The molecule has 0 saturated heterocycles. The van der Waals surface area contributed by atoms with E-state index >= 15 is 0 Å². The number of benzene rings is 1. The van der Waals surface area contributed by atoms with Crippen LogP contribution in [0.25, 0.3) is 0 Å². The number of hydrogen-bond acceptors (Lipinski definition) is 1. The number of hydrogen-bond donors (Lipinski definition) is 1. The molecule has 1 aliphatic carbocycles. The summed E-state index contributed by atoms with van der Waals surface area (Å²) < 4.78 is 38.9. The number of thiocarbonyl (C=S) groups is 1. The van der Waals surface area contributed by atoms with Gasteiger partial charge in [0.1, 0.15) is 0 Å². The molecule has 0 aromatic heterocycles. The second kappa shape index (κ2) is 8.21. The van der Waals surface area contributed by atoms with Crippen LogP contribution >= 0.6 is 23.8 Å². The Balaban J connectivity index is 2.15. The summed E-state index contributed by atoms with van der Waals surface area (Å²) in [5.74, 6) is 0. The lowest BCUT2D eigenvalue weighted by molar-refractivity contribution is -0.137. The van der Waals surface area contributed by atoms with Crippen LogP contribution in [0.15, 0.2) is 30.9 Å². The number of alkyl halides is 3. The smallest absolute Gasteiger partial charge is 0.342 e.